The normalized spacial score (nSPS) is 14.5. The Hall–Kier alpha value is -3.85. The van der Waals surface area contributed by atoms with Crippen LogP contribution in [-0.2, 0) is 20.8 Å². The predicted octanol–water partition coefficient (Wildman–Crippen LogP) is 4.16. The second kappa shape index (κ2) is 10.8. The van der Waals surface area contributed by atoms with E-state index < -0.39 is 5.97 Å². The van der Waals surface area contributed by atoms with Gasteiger partial charge < -0.3 is 23.7 Å². The molecule has 1 N–H and O–H groups in total. The molecule has 0 amide bonds. The molecule has 1 aliphatic rings. The molecule has 1 aromatic heterocycles. The molecule has 0 saturated carbocycles. The third-order valence-corrected chi connectivity index (χ3v) is 6.35. The van der Waals surface area contributed by atoms with Gasteiger partial charge in [0.2, 0.25) is 11.2 Å². The Balaban J connectivity index is 1.57. The number of hydrogen-bond donors (Lipinski definition) is 1. The van der Waals surface area contributed by atoms with Crippen LogP contribution in [0, 0.1) is 12.8 Å². The van der Waals surface area contributed by atoms with Crippen LogP contribution in [0.4, 0.5) is 0 Å². The van der Waals surface area contributed by atoms with E-state index in [1.54, 1.807) is 38.1 Å². The van der Waals surface area contributed by atoms with E-state index in [0.717, 1.165) is 0 Å². The summed E-state index contributed by atoms with van der Waals surface area (Å²) in [6.45, 7) is 5.47. The number of carbonyl (C=O) groups excluding carboxylic acids is 2. The highest BCUT2D eigenvalue weighted by Crippen LogP contribution is 2.32. The molecule has 9 nitrogen and oxygen atoms in total. The number of phenols is 1. The lowest BCUT2D eigenvalue weighted by atomic mass is 9.96. The molecule has 1 aliphatic heterocycles. The Morgan fingerprint density at radius 2 is 1.81 bits per heavy atom. The van der Waals surface area contributed by atoms with Crippen molar-refractivity contribution < 1.29 is 33.3 Å². The molecule has 190 valence electrons. The molecule has 0 unspecified atom stereocenters. The number of likely N-dealkylation sites (tertiary alicyclic amines) is 1. The van der Waals surface area contributed by atoms with Crippen LogP contribution in [0.2, 0.25) is 0 Å². The molecule has 0 atom stereocenters. The zero-order chi connectivity index (χ0) is 25.8. The van der Waals surface area contributed by atoms with Crippen LogP contribution in [0.15, 0.2) is 45.6 Å². The van der Waals surface area contributed by atoms with E-state index in [2.05, 4.69) is 4.90 Å². The number of benzene rings is 2. The fourth-order valence-corrected chi connectivity index (χ4v) is 4.37. The number of esters is 2. The molecular weight excluding hydrogens is 466 g/mol. The van der Waals surface area contributed by atoms with Gasteiger partial charge >= 0.3 is 11.9 Å². The first kappa shape index (κ1) is 25.2. The summed E-state index contributed by atoms with van der Waals surface area (Å²) >= 11 is 0. The average Bonchev–Trinajstić information content (AvgIpc) is 2.88. The van der Waals surface area contributed by atoms with Gasteiger partial charge in [0.1, 0.15) is 22.8 Å². The third-order valence-electron chi connectivity index (χ3n) is 6.35. The van der Waals surface area contributed by atoms with E-state index in [1.807, 2.05) is 0 Å². The molecule has 9 heteroatoms. The maximum absolute atomic E-state index is 13.3. The van der Waals surface area contributed by atoms with Gasteiger partial charge in [-0.25, -0.2) is 4.79 Å². The largest absolute Gasteiger partial charge is 0.507 e. The van der Waals surface area contributed by atoms with E-state index in [1.165, 1.54) is 19.2 Å². The van der Waals surface area contributed by atoms with Crippen molar-refractivity contribution in [3.05, 3.63) is 63.5 Å². The first-order valence-corrected chi connectivity index (χ1v) is 11.9. The summed E-state index contributed by atoms with van der Waals surface area (Å²) in [6, 6.07) is 9.21. The van der Waals surface area contributed by atoms with Crippen LogP contribution in [0.3, 0.4) is 0 Å². The van der Waals surface area contributed by atoms with Crippen molar-refractivity contribution in [3.8, 4) is 17.2 Å². The number of fused-ring (bicyclic) bond motifs is 1. The van der Waals surface area contributed by atoms with Crippen molar-refractivity contribution in [2.24, 2.45) is 5.92 Å². The fourth-order valence-electron chi connectivity index (χ4n) is 4.37. The minimum Gasteiger partial charge on any atom is -0.507 e. The highest BCUT2D eigenvalue weighted by molar-refractivity contribution is 5.89. The maximum atomic E-state index is 13.3. The third kappa shape index (κ3) is 5.21. The average molecular weight is 496 g/mol. The summed E-state index contributed by atoms with van der Waals surface area (Å²) in [5.74, 6) is -0.0772. The molecule has 0 spiro atoms. The zero-order valence-corrected chi connectivity index (χ0v) is 20.5. The van der Waals surface area contributed by atoms with Crippen LogP contribution in [-0.4, -0.2) is 48.8 Å². The topological polar surface area (TPSA) is 116 Å². The summed E-state index contributed by atoms with van der Waals surface area (Å²) in [4.78, 5) is 39.1. The van der Waals surface area contributed by atoms with Gasteiger partial charge in [0.05, 0.1) is 36.1 Å². The van der Waals surface area contributed by atoms with Crippen molar-refractivity contribution in [2.75, 3.05) is 26.8 Å². The Kier molecular flexibility index (Phi) is 7.59. The summed E-state index contributed by atoms with van der Waals surface area (Å²) < 4.78 is 21.7. The van der Waals surface area contributed by atoms with Gasteiger partial charge in [-0.3, -0.25) is 14.5 Å². The quantitative estimate of drug-likeness (QED) is 0.482. The van der Waals surface area contributed by atoms with Crippen LogP contribution in [0.5, 0.6) is 17.2 Å². The highest BCUT2D eigenvalue weighted by atomic mass is 16.5. The minimum atomic E-state index is -0.472. The van der Waals surface area contributed by atoms with Crippen molar-refractivity contribution in [1.29, 1.82) is 0 Å². The summed E-state index contributed by atoms with van der Waals surface area (Å²) in [5.41, 5.74) is 0.807. The molecule has 1 saturated heterocycles. The lowest BCUT2D eigenvalue weighted by molar-refractivity contribution is -0.149. The number of rotatable bonds is 7. The van der Waals surface area contributed by atoms with Crippen molar-refractivity contribution >= 4 is 22.9 Å². The van der Waals surface area contributed by atoms with E-state index in [9.17, 15) is 19.5 Å². The van der Waals surface area contributed by atoms with Gasteiger partial charge in [-0.2, -0.15) is 0 Å². The van der Waals surface area contributed by atoms with Crippen molar-refractivity contribution in [2.45, 2.75) is 33.2 Å². The zero-order valence-electron chi connectivity index (χ0n) is 20.5. The van der Waals surface area contributed by atoms with Crippen LogP contribution in [0.1, 0.15) is 41.4 Å². The van der Waals surface area contributed by atoms with E-state index in [-0.39, 0.29) is 40.0 Å². The number of nitrogens with zero attached hydrogens (tertiary/aromatic N) is 1. The lowest BCUT2D eigenvalue weighted by Crippen LogP contribution is -2.36. The number of methoxy groups -OCH3 is 1. The molecule has 2 aromatic carbocycles. The SMILES string of the molecule is CCOC(=O)C1CCN(Cc2c(O)ccc3c(=O)c(Oc4ccc(C(=O)OC)cc4)c(C)oc23)CC1. The molecule has 0 aliphatic carbocycles. The summed E-state index contributed by atoms with van der Waals surface area (Å²) in [5, 5.41) is 10.9. The minimum absolute atomic E-state index is 0.0280. The summed E-state index contributed by atoms with van der Waals surface area (Å²) in [7, 11) is 1.30. The highest BCUT2D eigenvalue weighted by Gasteiger charge is 2.27. The van der Waals surface area contributed by atoms with Gasteiger partial charge in [0, 0.05) is 6.54 Å². The van der Waals surface area contributed by atoms with E-state index in [0.29, 0.717) is 61.5 Å². The standard InChI is InChI=1S/C27H29NO8/c1-4-34-27(32)18-11-13-28(14-12-18)15-21-22(29)10-9-20-23(30)24(16(2)35-25(20)21)36-19-7-5-17(6-8-19)26(31)33-3/h5-10,18,29H,4,11-15H2,1-3H3. The first-order valence-electron chi connectivity index (χ1n) is 11.9. The molecular formula is C27H29NO8. The number of aryl methyl sites for hydroxylation is 1. The molecule has 4 rings (SSSR count). The smallest absolute Gasteiger partial charge is 0.337 e. The number of hydrogen-bond acceptors (Lipinski definition) is 9. The molecule has 3 aromatic rings. The maximum Gasteiger partial charge on any atom is 0.337 e. The predicted molar refractivity (Wildman–Crippen MR) is 131 cm³/mol. The number of ether oxygens (including phenoxy) is 3. The monoisotopic (exact) mass is 495 g/mol. The van der Waals surface area contributed by atoms with E-state index in [4.69, 9.17) is 18.6 Å². The molecule has 0 radical (unpaired) electrons. The van der Waals surface area contributed by atoms with Crippen LogP contribution >= 0.6 is 0 Å². The molecule has 1 fully saturated rings. The number of carbonyl (C=O) groups is 2. The van der Waals surface area contributed by atoms with Crippen LogP contribution in [0.25, 0.3) is 11.0 Å². The van der Waals surface area contributed by atoms with Gasteiger partial charge in [-0.05, 0) is 76.2 Å². The Bertz CT molecular complexity index is 1320. The molecule has 0 bridgehead atoms. The van der Waals surface area contributed by atoms with Crippen molar-refractivity contribution in [3.63, 3.8) is 0 Å². The fraction of sp³-hybridized carbons (Fsp3) is 0.370. The van der Waals surface area contributed by atoms with Gasteiger partial charge in [-0.1, -0.05) is 0 Å². The Morgan fingerprint density at radius 3 is 2.44 bits per heavy atom. The first-order chi connectivity index (χ1) is 17.3. The van der Waals surface area contributed by atoms with Crippen molar-refractivity contribution in [1.82, 2.24) is 4.90 Å². The summed E-state index contributed by atoms with van der Waals surface area (Å²) in [6.07, 6.45) is 1.33. The molecule has 36 heavy (non-hydrogen) atoms. The Morgan fingerprint density at radius 1 is 1.11 bits per heavy atom. The number of phenolic OH excluding ortho intramolecular Hbond substituents is 1. The van der Waals surface area contributed by atoms with Gasteiger partial charge in [-0.15, -0.1) is 0 Å². The van der Waals surface area contributed by atoms with Gasteiger partial charge in [0.15, 0.2) is 0 Å². The molecule has 2 heterocycles. The number of aromatic hydroxyl groups is 1. The van der Waals surface area contributed by atoms with E-state index >= 15 is 0 Å². The van der Waals surface area contributed by atoms with Crippen LogP contribution < -0.4 is 10.2 Å². The Labute approximate surface area is 208 Å². The second-order valence-electron chi connectivity index (χ2n) is 8.68. The van der Waals surface area contributed by atoms with Gasteiger partial charge in [0.25, 0.3) is 0 Å². The lowest BCUT2D eigenvalue weighted by Gasteiger charge is -2.31. The second-order valence-corrected chi connectivity index (χ2v) is 8.68. The number of piperidine rings is 1.